The Balaban J connectivity index is 1.97. The first-order valence-electron chi connectivity index (χ1n) is 6.71. The summed E-state index contributed by atoms with van der Waals surface area (Å²) in [6.07, 6.45) is 2.95. The number of para-hydroxylation sites is 1. The largest absolute Gasteiger partial charge is 0.385 e. The van der Waals surface area contributed by atoms with Crippen molar-refractivity contribution in [3.05, 3.63) is 29.3 Å². The number of rotatable bonds is 6. The molecule has 0 saturated heterocycles. The molecule has 0 radical (unpaired) electrons. The van der Waals surface area contributed by atoms with Crippen LogP contribution in [0.4, 0.5) is 5.69 Å². The highest BCUT2D eigenvalue weighted by atomic mass is 32.2. The number of benzene rings is 1. The van der Waals surface area contributed by atoms with E-state index in [9.17, 15) is 8.42 Å². The van der Waals surface area contributed by atoms with Gasteiger partial charge in [0.25, 0.3) is 10.2 Å². The molecule has 6 heteroatoms. The maximum Gasteiger partial charge on any atom is 0.276 e. The van der Waals surface area contributed by atoms with Crippen LogP contribution in [0.25, 0.3) is 0 Å². The first kappa shape index (κ1) is 14.3. The average molecular weight is 283 g/mol. The molecule has 1 aromatic rings. The van der Waals surface area contributed by atoms with Crippen molar-refractivity contribution in [2.45, 2.75) is 26.2 Å². The molecule has 5 nitrogen and oxygen atoms in total. The van der Waals surface area contributed by atoms with Gasteiger partial charge in [-0.05, 0) is 30.4 Å². The second-order valence-electron chi connectivity index (χ2n) is 4.63. The summed E-state index contributed by atoms with van der Waals surface area (Å²) in [5, 5.41) is 3.41. The van der Waals surface area contributed by atoms with Gasteiger partial charge in [-0.25, -0.2) is 9.44 Å². The summed E-state index contributed by atoms with van der Waals surface area (Å²) >= 11 is 0. The van der Waals surface area contributed by atoms with Gasteiger partial charge in [0.05, 0.1) is 0 Å². The Morgan fingerprint density at radius 2 is 2.16 bits per heavy atom. The van der Waals surface area contributed by atoms with Gasteiger partial charge in [0.2, 0.25) is 0 Å². The zero-order chi connectivity index (χ0) is 13.7. The van der Waals surface area contributed by atoms with Crippen molar-refractivity contribution >= 4 is 15.9 Å². The fraction of sp³-hybridized carbons (Fsp3) is 0.538. The molecule has 0 atom stereocenters. The van der Waals surface area contributed by atoms with Crippen molar-refractivity contribution in [1.82, 2.24) is 9.44 Å². The lowest BCUT2D eigenvalue weighted by Crippen LogP contribution is -2.37. The lowest BCUT2D eigenvalue weighted by Gasteiger charge is -2.21. The van der Waals surface area contributed by atoms with Crippen LogP contribution in [0.15, 0.2) is 18.2 Å². The summed E-state index contributed by atoms with van der Waals surface area (Å²) in [6.45, 7) is 3.56. The van der Waals surface area contributed by atoms with E-state index in [-0.39, 0.29) is 0 Å². The van der Waals surface area contributed by atoms with Gasteiger partial charge in [-0.15, -0.1) is 0 Å². The number of anilines is 1. The number of aryl methyl sites for hydroxylation is 1. The Hall–Kier alpha value is -1.11. The molecule has 0 fully saturated rings. The molecule has 3 N–H and O–H groups in total. The maximum atomic E-state index is 11.5. The van der Waals surface area contributed by atoms with E-state index < -0.39 is 10.2 Å². The number of hydrogen-bond acceptors (Lipinski definition) is 3. The van der Waals surface area contributed by atoms with Gasteiger partial charge in [0, 0.05) is 25.3 Å². The molecule has 1 aliphatic heterocycles. The number of hydrogen-bond donors (Lipinski definition) is 3. The molecule has 1 heterocycles. The van der Waals surface area contributed by atoms with Gasteiger partial charge in [0.1, 0.15) is 0 Å². The van der Waals surface area contributed by atoms with Gasteiger partial charge in [0.15, 0.2) is 0 Å². The highest BCUT2D eigenvalue weighted by Gasteiger charge is 2.13. The molecule has 0 amide bonds. The third kappa shape index (κ3) is 3.92. The summed E-state index contributed by atoms with van der Waals surface area (Å²) in [4.78, 5) is 0. The first-order chi connectivity index (χ1) is 9.12. The normalized spacial score (nSPS) is 14.8. The molecule has 0 bridgehead atoms. The fourth-order valence-corrected chi connectivity index (χ4v) is 3.20. The number of fused-ring (bicyclic) bond motifs is 1. The molecular formula is C13H21N3O2S. The van der Waals surface area contributed by atoms with Crippen LogP contribution in [0.5, 0.6) is 0 Å². The Labute approximate surface area is 115 Å². The summed E-state index contributed by atoms with van der Waals surface area (Å²) in [5.74, 6) is 0. The van der Waals surface area contributed by atoms with Crippen LogP contribution in [0.2, 0.25) is 0 Å². The molecule has 2 rings (SSSR count). The van der Waals surface area contributed by atoms with Crippen molar-refractivity contribution in [2.75, 3.05) is 25.0 Å². The molecule has 0 saturated carbocycles. The minimum absolute atomic E-state index is 0.400. The highest BCUT2D eigenvalue weighted by Crippen LogP contribution is 2.26. The van der Waals surface area contributed by atoms with Crippen molar-refractivity contribution in [1.29, 1.82) is 0 Å². The molecule has 106 valence electrons. The van der Waals surface area contributed by atoms with Gasteiger partial charge in [-0.1, -0.05) is 25.1 Å². The zero-order valence-corrected chi connectivity index (χ0v) is 12.0. The fourth-order valence-electron chi connectivity index (χ4n) is 2.35. The molecule has 0 aromatic heterocycles. The smallest absolute Gasteiger partial charge is 0.276 e. The lowest BCUT2D eigenvalue weighted by molar-refractivity contribution is 0.569. The maximum absolute atomic E-state index is 11.5. The number of nitrogens with one attached hydrogen (secondary N) is 3. The van der Waals surface area contributed by atoms with E-state index in [1.165, 1.54) is 16.8 Å². The van der Waals surface area contributed by atoms with E-state index >= 15 is 0 Å². The Morgan fingerprint density at radius 3 is 2.95 bits per heavy atom. The van der Waals surface area contributed by atoms with Crippen LogP contribution in [-0.4, -0.2) is 28.1 Å². The van der Waals surface area contributed by atoms with Gasteiger partial charge in [-0.2, -0.15) is 8.42 Å². The van der Waals surface area contributed by atoms with E-state index in [0.29, 0.717) is 19.5 Å². The predicted molar refractivity (Wildman–Crippen MR) is 77.6 cm³/mol. The summed E-state index contributed by atoms with van der Waals surface area (Å²) in [5.41, 5.74) is 3.70. The van der Waals surface area contributed by atoms with Crippen LogP contribution in [0.3, 0.4) is 0 Å². The minimum Gasteiger partial charge on any atom is -0.385 e. The molecule has 1 aromatic carbocycles. The van der Waals surface area contributed by atoms with Crippen molar-refractivity contribution in [3.63, 3.8) is 0 Å². The third-order valence-electron chi connectivity index (χ3n) is 3.18. The Kier molecular flexibility index (Phi) is 4.79. The van der Waals surface area contributed by atoms with Crippen molar-refractivity contribution in [3.8, 4) is 0 Å². The summed E-state index contributed by atoms with van der Waals surface area (Å²) in [7, 11) is -3.34. The van der Waals surface area contributed by atoms with Crippen molar-refractivity contribution in [2.24, 2.45) is 0 Å². The average Bonchev–Trinajstić information content (AvgIpc) is 2.39. The third-order valence-corrected chi connectivity index (χ3v) is 4.44. The van der Waals surface area contributed by atoms with E-state index in [2.05, 4.69) is 26.9 Å². The van der Waals surface area contributed by atoms with Gasteiger partial charge < -0.3 is 5.32 Å². The Morgan fingerprint density at radius 1 is 1.32 bits per heavy atom. The zero-order valence-electron chi connectivity index (χ0n) is 11.2. The molecule has 0 unspecified atom stereocenters. The van der Waals surface area contributed by atoms with Crippen LogP contribution >= 0.6 is 0 Å². The van der Waals surface area contributed by atoms with Gasteiger partial charge in [-0.3, -0.25) is 0 Å². The SMILES string of the molecule is CCNS(=O)(=O)NCCc1cccc2c1NCCC2. The quantitative estimate of drug-likeness (QED) is 0.730. The monoisotopic (exact) mass is 283 g/mol. The standard InChI is InChI=1S/C13H21N3O2S/c1-2-15-19(17,18)16-10-8-12-6-3-5-11-7-4-9-14-13(11)12/h3,5-6,14-16H,2,4,7-10H2,1H3. The van der Waals surface area contributed by atoms with E-state index in [4.69, 9.17) is 0 Å². The van der Waals surface area contributed by atoms with Crippen LogP contribution in [0.1, 0.15) is 24.5 Å². The second-order valence-corrected chi connectivity index (χ2v) is 6.21. The summed E-state index contributed by atoms with van der Waals surface area (Å²) in [6, 6.07) is 6.23. The van der Waals surface area contributed by atoms with Crippen LogP contribution in [-0.2, 0) is 23.1 Å². The first-order valence-corrected chi connectivity index (χ1v) is 8.19. The van der Waals surface area contributed by atoms with Crippen molar-refractivity contribution < 1.29 is 8.42 Å². The van der Waals surface area contributed by atoms with E-state index in [0.717, 1.165) is 19.4 Å². The molecule has 0 aliphatic carbocycles. The van der Waals surface area contributed by atoms with E-state index in [1.54, 1.807) is 6.92 Å². The summed E-state index contributed by atoms with van der Waals surface area (Å²) < 4.78 is 27.9. The van der Waals surface area contributed by atoms with Crippen LogP contribution < -0.4 is 14.8 Å². The second kappa shape index (κ2) is 6.36. The predicted octanol–water partition coefficient (Wildman–Crippen LogP) is 1.03. The van der Waals surface area contributed by atoms with Gasteiger partial charge >= 0.3 is 0 Å². The highest BCUT2D eigenvalue weighted by molar-refractivity contribution is 7.87. The van der Waals surface area contributed by atoms with E-state index in [1.807, 2.05) is 6.07 Å². The molecule has 1 aliphatic rings. The molecular weight excluding hydrogens is 262 g/mol. The minimum atomic E-state index is -3.34. The Bertz CT molecular complexity index is 529. The molecule has 0 spiro atoms. The van der Waals surface area contributed by atoms with Crippen LogP contribution in [0, 0.1) is 0 Å². The lowest BCUT2D eigenvalue weighted by atomic mass is 9.98. The molecule has 19 heavy (non-hydrogen) atoms. The topological polar surface area (TPSA) is 70.2 Å².